The van der Waals surface area contributed by atoms with Gasteiger partial charge in [-0.1, -0.05) is 24.3 Å². The number of ether oxygens (including phenoxy) is 1. The van der Waals surface area contributed by atoms with Gasteiger partial charge >= 0.3 is 5.97 Å². The zero-order chi connectivity index (χ0) is 25.4. The van der Waals surface area contributed by atoms with Gasteiger partial charge in [0.05, 0.1) is 0 Å². The molecule has 1 aliphatic heterocycles. The Morgan fingerprint density at radius 3 is 2.64 bits per heavy atom. The largest absolute Gasteiger partial charge is 0.489 e. The summed E-state index contributed by atoms with van der Waals surface area (Å²) in [6, 6.07) is 16.2. The number of hydrogen-bond donors (Lipinski definition) is 1. The van der Waals surface area contributed by atoms with Crippen LogP contribution in [-0.2, 0) is 11.4 Å². The molecule has 184 valence electrons. The number of carboxylic acid groups (broad SMARTS) is 1. The molecule has 1 aromatic heterocycles. The number of rotatable bonds is 6. The lowest BCUT2D eigenvalue weighted by atomic mass is 10.0. The molecule has 0 spiro atoms. The van der Waals surface area contributed by atoms with Crippen LogP contribution in [0.4, 0.5) is 8.78 Å². The number of fused-ring (bicyclic) bond motifs is 1. The van der Waals surface area contributed by atoms with Crippen molar-refractivity contribution in [2.75, 3.05) is 6.54 Å². The highest BCUT2D eigenvalue weighted by Gasteiger charge is 2.34. The number of benzene rings is 3. The van der Waals surface area contributed by atoms with Gasteiger partial charge in [-0.25, -0.2) is 13.6 Å². The lowest BCUT2D eigenvalue weighted by molar-refractivity contribution is -0.141. The van der Waals surface area contributed by atoms with E-state index in [1.54, 1.807) is 48.5 Å². The molecule has 0 radical (unpaired) electrons. The average molecular weight is 508 g/mol. The third-order valence-corrected chi connectivity index (χ3v) is 7.44. The molecule has 36 heavy (non-hydrogen) atoms. The van der Waals surface area contributed by atoms with E-state index >= 15 is 0 Å². The molecule has 1 amide bonds. The number of hydrogen-bond acceptors (Lipinski definition) is 4. The summed E-state index contributed by atoms with van der Waals surface area (Å²) in [5.74, 6) is -2.41. The number of nitrogens with zero attached hydrogens (tertiary/aromatic N) is 1. The number of thiophene rings is 1. The molecule has 1 fully saturated rings. The van der Waals surface area contributed by atoms with Gasteiger partial charge in [0.25, 0.3) is 5.91 Å². The van der Waals surface area contributed by atoms with Crippen molar-refractivity contribution in [1.82, 2.24) is 4.90 Å². The first-order valence-electron chi connectivity index (χ1n) is 11.6. The molecule has 1 saturated heterocycles. The highest BCUT2D eigenvalue weighted by molar-refractivity contribution is 7.19. The van der Waals surface area contributed by atoms with E-state index in [4.69, 9.17) is 4.74 Å². The molecule has 2 heterocycles. The summed E-state index contributed by atoms with van der Waals surface area (Å²) < 4.78 is 35.0. The standard InChI is InChI=1S/C28H23F2NO4S/c1-16-12-22-25(30)23(29)14-21(26(22)36-16)18-7-9-20(10-8-18)35-15-17-4-2-5-19(13-17)27(32)31-11-3-6-24(31)28(33)34/h2,4-5,7-10,12-14,24H,3,6,11,15H2,1H3,(H,33,34)/t24-/m0/s1. The number of carbonyl (C=O) groups is 2. The summed E-state index contributed by atoms with van der Waals surface area (Å²) >= 11 is 1.42. The van der Waals surface area contributed by atoms with Crippen molar-refractivity contribution < 1.29 is 28.2 Å². The highest BCUT2D eigenvalue weighted by atomic mass is 32.1. The Bertz CT molecular complexity index is 1460. The zero-order valence-electron chi connectivity index (χ0n) is 19.5. The van der Waals surface area contributed by atoms with Crippen LogP contribution in [0.2, 0.25) is 0 Å². The molecule has 1 atom stereocenters. The van der Waals surface area contributed by atoms with Crippen molar-refractivity contribution in [2.45, 2.75) is 32.4 Å². The number of carbonyl (C=O) groups excluding carboxylic acids is 1. The smallest absolute Gasteiger partial charge is 0.326 e. The summed E-state index contributed by atoms with van der Waals surface area (Å²) in [6.45, 7) is 2.50. The molecule has 8 heteroatoms. The number of aliphatic carboxylic acids is 1. The summed E-state index contributed by atoms with van der Waals surface area (Å²) in [4.78, 5) is 26.6. The highest BCUT2D eigenvalue weighted by Crippen LogP contribution is 2.38. The number of likely N-dealkylation sites (tertiary alicyclic amines) is 1. The van der Waals surface area contributed by atoms with Gasteiger partial charge in [0.1, 0.15) is 18.4 Å². The predicted octanol–water partition coefficient (Wildman–Crippen LogP) is 6.42. The van der Waals surface area contributed by atoms with Crippen molar-refractivity contribution >= 4 is 33.3 Å². The van der Waals surface area contributed by atoms with Crippen LogP contribution >= 0.6 is 11.3 Å². The van der Waals surface area contributed by atoms with E-state index in [1.165, 1.54) is 22.3 Å². The minimum atomic E-state index is -0.984. The van der Waals surface area contributed by atoms with E-state index in [2.05, 4.69) is 0 Å². The molecule has 0 unspecified atom stereocenters. The minimum absolute atomic E-state index is 0.211. The number of carboxylic acids is 1. The molecule has 0 bridgehead atoms. The van der Waals surface area contributed by atoms with Crippen LogP contribution in [0.25, 0.3) is 21.2 Å². The van der Waals surface area contributed by atoms with Gasteiger partial charge in [0.15, 0.2) is 11.6 Å². The van der Waals surface area contributed by atoms with Gasteiger partial charge in [0, 0.05) is 32.6 Å². The van der Waals surface area contributed by atoms with Gasteiger partial charge in [-0.3, -0.25) is 4.79 Å². The van der Waals surface area contributed by atoms with Gasteiger partial charge in [-0.15, -0.1) is 11.3 Å². The normalized spacial score (nSPS) is 15.4. The van der Waals surface area contributed by atoms with Crippen LogP contribution in [0.1, 0.15) is 33.6 Å². The van der Waals surface area contributed by atoms with Crippen LogP contribution in [0.3, 0.4) is 0 Å². The molecule has 0 saturated carbocycles. The molecule has 3 aromatic carbocycles. The van der Waals surface area contributed by atoms with E-state index in [0.717, 1.165) is 16.0 Å². The van der Waals surface area contributed by atoms with Gasteiger partial charge in [-0.2, -0.15) is 0 Å². The summed E-state index contributed by atoms with van der Waals surface area (Å²) in [5, 5.41) is 9.65. The second-order valence-electron chi connectivity index (χ2n) is 8.83. The second kappa shape index (κ2) is 9.70. The van der Waals surface area contributed by atoms with E-state index < -0.39 is 23.6 Å². The fraction of sp³-hybridized carbons (Fsp3) is 0.214. The molecule has 5 nitrogen and oxygen atoms in total. The Morgan fingerprint density at radius 1 is 1.11 bits per heavy atom. The van der Waals surface area contributed by atoms with Crippen molar-refractivity contribution in [3.05, 3.63) is 88.3 Å². The van der Waals surface area contributed by atoms with Crippen molar-refractivity contribution in [3.63, 3.8) is 0 Å². The number of aryl methyl sites for hydroxylation is 1. The van der Waals surface area contributed by atoms with Gasteiger partial charge in [0.2, 0.25) is 0 Å². The van der Waals surface area contributed by atoms with Crippen LogP contribution in [0.5, 0.6) is 5.75 Å². The van der Waals surface area contributed by atoms with Crippen molar-refractivity contribution in [2.24, 2.45) is 0 Å². The van der Waals surface area contributed by atoms with E-state index in [-0.39, 0.29) is 17.9 Å². The van der Waals surface area contributed by atoms with Crippen LogP contribution in [0, 0.1) is 18.6 Å². The topological polar surface area (TPSA) is 66.8 Å². The maximum Gasteiger partial charge on any atom is 0.326 e. The van der Waals surface area contributed by atoms with Crippen molar-refractivity contribution in [1.29, 1.82) is 0 Å². The van der Waals surface area contributed by atoms with Crippen LogP contribution < -0.4 is 4.74 Å². The maximum absolute atomic E-state index is 14.2. The second-order valence-corrected chi connectivity index (χ2v) is 10.1. The van der Waals surface area contributed by atoms with Gasteiger partial charge < -0.3 is 14.7 Å². The third-order valence-electron chi connectivity index (χ3n) is 6.36. The molecule has 1 aliphatic rings. The molecule has 1 N–H and O–H groups in total. The number of amides is 1. The monoisotopic (exact) mass is 507 g/mol. The molecule has 5 rings (SSSR count). The fourth-order valence-corrected chi connectivity index (χ4v) is 5.64. The zero-order valence-corrected chi connectivity index (χ0v) is 20.3. The lowest BCUT2D eigenvalue weighted by Crippen LogP contribution is -2.40. The van der Waals surface area contributed by atoms with Gasteiger partial charge in [-0.05, 0) is 67.3 Å². The van der Waals surface area contributed by atoms with Crippen LogP contribution in [0.15, 0.2) is 60.7 Å². The third kappa shape index (κ3) is 4.56. The minimum Gasteiger partial charge on any atom is -0.489 e. The van der Waals surface area contributed by atoms with Crippen LogP contribution in [-0.4, -0.2) is 34.5 Å². The summed E-state index contributed by atoms with van der Waals surface area (Å²) in [5.41, 5.74) is 2.57. The SMILES string of the molecule is Cc1cc2c(F)c(F)cc(-c3ccc(OCc4cccc(C(=O)N5CCC[C@H]5C(=O)O)c4)cc3)c2s1. The Labute approximate surface area is 210 Å². The first-order valence-corrected chi connectivity index (χ1v) is 12.4. The molecule has 4 aromatic rings. The molecular formula is C28H23F2NO4S. The first kappa shape index (κ1) is 23.9. The van der Waals surface area contributed by atoms with E-state index in [9.17, 15) is 23.5 Å². The molecular weight excluding hydrogens is 484 g/mol. The lowest BCUT2D eigenvalue weighted by Gasteiger charge is -2.21. The summed E-state index contributed by atoms with van der Waals surface area (Å²) in [7, 11) is 0. The van der Waals surface area contributed by atoms with Crippen molar-refractivity contribution in [3.8, 4) is 16.9 Å². The van der Waals surface area contributed by atoms with E-state index in [0.29, 0.717) is 41.0 Å². The Morgan fingerprint density at radius 2 is 1.89 bits per heavy atom. The Kier molecular flexibility index (Phi) is 6.45. The Balaban J connectivity index is 1.30. The predicted molar refractivity (Wildman–Crippen MR) is 134 cm³/mol. The quantitative estimate of drug-likeness (QED) is 0.327. The average Bonchev–Trinajstić information content (AvgIpc) is 3.52. The molecule has 0 aliphatic carbocycles. The summed E-state index contributed by atoms with van der Waals surface area (Å²) in [6.07, 6.45) is 1.13. The van der Waals surface area contributed by atoms with E-state index in [1.807, 2.05) is 13.0 Å². The maximum atomic E-state index is 14.2. The fourth-order valence-electron chi connectivity index (χ4n) is 4.60. The number of halogens is 2. The Hall–Kier alpha value is -3.78. The first-order chi connectivity index (χ1) is 17.3.